The Balaban J connectivity index is 1.39. The molecular formula is C34H37N7O4. The number of ether oxygens (including phenoxy) is 2. The molecule has 3 aromatic carbocycles. The Labute approximate surface area is 262 Å². The van der Waals surface area contributed by atoms with Crippen LogP contribution in [0.15, 0.2) is 85.3 Å². The first-order chi connectivity index (χ1) is 21.8. The molecule has 11 heteroatoms. The summed E-state index contributed by atoms with van der Waals surface area (Å²) in [5.74, 6) is 0.849. The Kier molecular flexibility index (Phi) is 10.0. The Morgan fingerprint density at radius 2 is 1.73 bits per heavy atom. The maximum atomic E-state index is 11.2. The van der Waals surface area contributed by atoms with Gasteiger partial charge in [-0.3, -0.25) is 19.7 Å². The normalized spacial score (nSPS) is 11.3. The number of fused-ring (bicyclic) bond motifs is 1. The van der Waals surface area contributed by atoms with Gasteiger partial charge in [0.15, 0.2) is 0 Å². The summed E-state index contributed by atoms with van der Waals surface area (Å²) in [4.78, 5) is 23.1. The Morgan fingerprint density at radius 1 is 0.978 bits per heavy atom. The smallest absolute Gasteiger partial charge is 0.267 e. The van der Waals surface area contributed by atoms with Crippen LogP contribution in [-0.2, 0) is 11.3 Å². The fourth-order valence-electron chi connectivity index (χ4n) is 4.84. The summed E-state index contributed by atoms with van der Waals surface area (Å²) in [5.41, 5.74) is 8.54. The molecule has 0 aliphatic heterocycles. The molecule has 0 saturated carbocycles. The van der Waals surface area contributed by atoms with Gasteiger partial charge in [0, 0.05) is 66.5 Å². The minimum Gasteiger partial charge on any atom is -0.497 e. The van der Waals surface area contributed by atoms with Gasteiger partial charge in [-0.25, -0.2) is 10.5 Å². The van der Waals surface area contributed by atoms with Crippen LogP contribution in [0.25, 0.3) is 28.4 Å². The Bertz CT molecular complexity index is 1760. The predicted octanol–water partition coefficient (Wildman–Crippen LogP) is 5.21. The van der Waals surface area contributed by atoms with Crippen molar-refractivity contribution >= 4 is 34.4 Å². The molecule has 0 aliphatic carbocycles. The van der Waals surface area contributed by atoms with E-state index >= 15 is 0 Å². The summed E-state index contributed by atoms with van der Waals surface area (Å²) in [6.45, 7) is 6.32. The van der Waals surface area contributed by atoms with Crippen molar-refractivity contribution in [2.45, 2.75) is 26.4 Å². The molecule has 0 atom stereocenters. The molecule has 5 rings (SSSR count). The molecule has 11 nitrogen and oxygen atoms in total. The highest BCUT2D eigenvalue weighted by molar-refractivity contribution is 5.90. The number of hydroxylamine groups is 1. The second-order valence-corrected chi connectivity index (χ2v) is 10.7. The zero-order valence-electron chi connectivity index (χ0n) is 25.8. The third kappa shape index (κ3) is 8.02. The molecule has 232 valence electrons. The lowest BCUT2D eigenvalue weighted by Crippen LogP contribution is -2.32. The summed E-state index contributed by atoms with van der Waals surface area (Å²) >= 11 is 0. The third-order valence-electron chi connectivity index (χ3n) is 7.16. The van der Waals surface area contributed by atoms with Crippen LogP contribution in [0.5, 0.6) is 11.5 Å². The van der Waals surface area contributed by atoms with E-state index in [2.05, 4.69) is 46.3 Å². The number of nitrogens with zero attached hydrogens (tertiary/aromatic N) is 5. The van der Waals surface area contributed by atoms with Gasteiger partial charge in [0.1, 0.15) is 11.5 Å². The number of aromatic nitrogens is 4. The first kappa shape index (κ1) is 31.2. The number of amides is 1. The largest absolute Gasteiger partial charge is 0.497 e. The van der Waals surface area contributed by atoms with E-state index in [4.69, 9.17) is 19.7 Å². The van der Waals surface area contributed by atoms with Crippen LogP contribution >= 0.6 is 0 Å². The van der Waals surface area contributed by atoms with E-state index in [9.17, 15) is 4.79 Å². The van der Waals surface area contributed by atoms with Crippen LogP contribution in [0.2, 0.25) is 0 Å². The quantitative estimate of drug-likeness (QED) is 0.0939. The van der Waals surface area contributed by atoms with Gasteiger partial charge in [-0.15, -0.1) is 0 Å². The molecule has 0 unspecified atom stereocenters. The summed E-state index contributed by atoms with van der Waals surface area (Å²) in [7, 11) is 3.30. The van der Waals surface area contributed by atoms with Crippen molar-refractivity contribution in [1.82, 2.24) is 30.5 Å². The van der Waals surface area contributed by atoms with Crippen molar-refractivity contribution in [3.05, 3.63) is 96.5 Å². The van der Waals surface area contributed by atoms with Crippen molar-refractivity contribution in [2.24, 2.45) is 0 Å². The lowest BCUT2D eigenvalue weighted by Gasteiger charge is -2.27. The maximum absolute atomic E-state index is 11.2. The SMILES string of the molecule is COc1cc(OC)cc(N(CCNC(C)C)c2ccc3ncc(-c4cnn(Cc5ccc(/C=C/C(=O)NO)cc5)c4)nc3c2)c1. The number of benzene rings is 3. The number of hydrogen-bond acceptors (Lipinski definition) is 9. The number of carbonyl (C=O) groups is 1. The molecule has 2 heterocycles. The predicted molar refractivity (Wildman–Crippen MR) is 175 cm³/mol. The van der Waals surface area contributed by atoms with E-state index in [1.54, 1.807) is 38.2 Å². The van der Waals surface area contributed by atoms with Crippen LogP contribution in [0.3, 0.4) is 0 Å². The van der Waals surface area contributed by atoms with Gasteiger partial charge in [-0.1, -0.05) is 38.1 Å². The number of nitrogens with one attached hydrogen (secondary N) is 2. The van der Waals surface area contributed by atoms with Gasteiger partial charge in [0.2, 0.25) is 0 Å². The van der Waals surface area contributed by atoms with E-state index in [0.29, 0.717) is 24.1 Å². The number of rotatable bonds is 13. The van der Waals surface area contributed by atoms with Crippen LogP contribution in [-0.4, -0.2) is 64.2 Å². The van der Waals surface area contributed by atoms with Crippen molar-refractivity contribution in [1.29, 1.82) is 0 Å². The fraction of sp³-hybridized carbons (Fsp3) is 0.235. The Hall–Kier alpha value is -5.26. The Morgan fingerprint density at radius 3 is 2.42 bits per heavy atom. The van der Waals surface area contributed by atoms with Crippen LogP contribution < -0.4 is 25.2 Å². The van der Waals surface area contributed by atoms with Crippen LogP contribution in [0, 0.1) is 0 Å². The molecule has 0 radical (unpaired) electrons. The average Bonchev–Trinajstić information content (AvgIpc) is 3.53. The maximum Gasteiger partial charge on any atom is 0.267 e. The van der Waals surface area contributed by atoms with Crippen molar-refractivity contribution in [2.75, 3.05) is 32.2 Å². The van der Waals surface area contributed by atoms with Crippen molar-refractivity contribution in [3.63, 3.8) is 0 Å². The van der Waals surface area contributed by atoms with E-state index in [1.165, 1.54) is 6.08 Å². The van der Waals surface area contributed by atoms with Gasteiger partial charge in [-0.2, -0.15) is 5.10 Å². The van der Waals surface area contributed by atoms with Crippen LogP contribution in [0.1, 0.15) is 25.0 Å². The number of carbonyl (C=O) groups excluding carboxylic acids is 1. The molecule has 0 bridgehead atoms. The summed E-state index contributed by atoms with van der Waals surface area (Å²) in [6, 6.07) is 20.1. The molecule has 1 amide bonds. The van der Waals surface area contributed by atoms with E-state index < -0.39 is 5.91 Å². The first-order valence-electron chi connectivity index (χ1n) is 14.6. The molecular weight excluding hydrogens is 570 g/mol. The molecule has 2 aromatic heterocycles. The summed E-state index contributed by atoms with van der Waals surface area (Å²) < 4.78 is 13.0. The van der Waals surface area contributed by atoms with E-state index in [0.717, 1.165) is 57.9 Å². The second-order valence-electron chi connectivity index (χ2n) is 10.7. The van der Waals surface area contributed by atoms with Gasteiger partial charge in [0.25, 0.3) is 5.91 Å². The number of anilines is 2. The van der Waals surface area contributed by atoms with E-state index in [-0.39, 0.29) is 0 Å². The summed E-state index contributed by atoms with van der Waals surface area (Å²) in [5, 5.41) is 16.7. The van der Waals surface area contributed by atoms with Crippen LogP contribution in [0.4, 0.5) is 11.4 Å². The van der Waals surface area contributed by atoms with Crippen molar-refractivity contribution in [3.8, 4) is 22.8 Å². The zero-order valence-corrected chi connectivity index (χ0v) is 25.8. The highest BCUT2D eigenvalue weighted by Gasteiger charge is 2.15. The highest BCUT2D eigenvalue weighted by Crippen LogP contribution is 2.34. The number of methoxy groups -OCH3 is 2. The molecule has 0 fully saturated rings. The van der Waals surface area contributed by atoms with E-state index in [1.807, 2.05) is 59.4 Å². The minimum absolute atomic E-state index is 0.362. The molecule has 5 aromatic rings. The molecule has 45 heavy (non-hydrogen) atoms. The molecule has 0 saturated heterocycles. The van der Waals surface area contributed by atoms with Gasteiger partial charge >= 0.3 is 0 Å². The van der Waals surface area contributed by atoms with Crippen molar-refractivity contribution < 1.29 is 19.5 Å². The molecule has 0 aliphatic rings. The lowest BCUT2D eigenvalue weighted by atomic mass is 10.1. The third-order valence-corrected chi connectivity index (χ3v) is 7.16. The average molecular weight is 608 g/mol. The number of hydrogen-bond donors (Lipinski definition) is 3. The molecule has 0 spiro atoms. The lowest BCUT2D eigenvalue weighted by molar-refractivity contribution is -0.124. The van der Waals surface area contributed by atoms with Gasteiger partial charge in [0.05, 0.1) is 49.9 Å². The topological polar surface area (TPSA) is 127 Å². The first-order valence-corrected chi connectivity index (χ1v) is 14.6. The summed E-state index contributed by atoms with van der Waals surface area (Å²) in [6.07, 6.45) is 8.40. The second kappa shape index (κ2) is 14.5. The van der Waals surface area contributed by atoms with Gasteiger partial charge in [-0.05, 0) is 35.4 Å². The fourth-order valence-corrected chi connectivity index (χ4v) is 4.84. The monoisotopic (exact) mass is 607 g/mol. The highest BCUT2D eigenvalue weighted by atomic mass is 16.5. The molecule has 3 N–H and O–H groups in total. The minimum atomic E-state index is -0.579. The van der Waals surface area contributed by atoms with Gasteiger partial charge < -0.3 is 19.7 Å². The zero-order chi connectivity index (χ0) is 31.8. The standard InChI is InChI=1S/C34H37N7O4/c1-23(2)35-13-14-41(28-15-29(44-3)18-30(16-28)45-4)27-10-11-31-32(17-27)38-33(20-36-31)26-19-37-40(22-26)21-25-7-5-24(6-8-25)9-12-34(42)39-43/h5-12,15-20,22-23,35,43H,13-14,21H2,1-4H3,(H,39,42)/b12-9+.